The van der Waals surface area contributed by atoms with Crippen molar-refractivity contribution in [2.75, 3.05) is 44.7 Å². The predicted octanol–water partition coefficient (Wildman–Crippen LogP) is -3.71. The number of benzene rings is 2. The Morgan fingerprint density at radius 2 is 1.01 bits per heavy atom. The van der Waals surface area contributed by atoms with Gasteiger partial charge in [0.15, 0.2) is 5.96 Å². The summed E-state index contributed by atoms with van der Waals surface area (Å²) in [5, 5.41) is 21.1. The second-order valence-electron chi connectivity index (χ2n) is 24.1. The van der Waals surface area contributed by atoms with E-state index in [4.69, 9.17) is 40.1 Å². The summed E-state index contributed by atoms with van der Waals surface area (Å²) in [7, 11) is 0. The molecule has 0 saturated carbocycles. The molecule has 0 spiro atoms. The maximum atomic E-state index is 14.7. The van der Waals surface area contributed by atoms with E-state index in [0.717, 1.165) is 0 Å². The van der Waals surface area contributed by atoms with Crippen LogP contribution < -0.4 is 82.7 Å². The zero-order chi connectivity index (χ0) is 70.1. The van der Waals surface area contributed by atoms with Gasteiger partial charge in [-0.05, 0) is 119 Å². The van der Waals surface area contributed by atoms with Crippen LogP contribution in [0.15, 0.2) is 65.7 Å². The van der Waals surface area contributed by atoms with Gasteiger partial charge in [0.1, 0.15) is 54.4 Å². The molecule has 4 rings (SSSR count). The van der Waals surface area contributed by atoms with E-state index in [9.17, 15) is 62.3 Å². The van der Waals surface area contributed by atoms with Crippen molar-refractivity contribution < 1.29 is 62.3 Å². The van der Waals surface area contributed by atoms with Crippen LogP contribution in [0, 0.1) is 5.92 Å². The van der Waals surface area contributed by atoms with Crippen LogP contribution in [0.5, 0.6) is 0 Å². The van der Waals surface area contributed by atoms with Gasteiger partial charge in [-0.1, -0.05) is 74.5 Å². The van der Waals surface area contributed by atoms with Crippen LogP contribution in [-0.4, -0.2) is 198 Å². The van der Waals surface area contributed by atoms with E-state index >= 15 is 0 Å². The number of guanidine groups is 1. The largest absolute Gasteiger partial charge is 0.370 e. The van der Waals surface area contributed by atoms with Gasteiger partial charge >= 0.3 is 0 Å². The lowest BCUT2D eigenvalue weighted by molar-refractivity contribution is -0.144. The van der Waals surface area contributed by atoms with Crippen molar-refractivity contribution in [1.82, 2.24) is 52.3 Å². The van der Waals surface area contributed by atoms with Crippen LogP contribution in [0.2, 0.25) is 0 Å². The van der Waals surface area contributed by atoms with Crippen LogP contribution >= 0.6 is 11.8 Å². The molecule has 0 unspecified atom stereocenters. The number of nitrogens with two attached hydrogens (primary N) is 7. The van der Waals surface area contributed by atoms with Crippen molar-refractivity contribution in [2.24, 2.45) is 51.0 Å². The van der Waals surface area contributed by atoms with Crippen molar-refractivity contribution in [3.8, 4) is 0 Å². The van der Waals surface area contributed by atoms with Crippen LogP contribution in [0.25, 0.3) is 0 Å². The molecule has 22 N–H and O–H groups in total. The molecule has 13 amide bonds. The Labute approximate surface area is 558 Å². The molecule has 0 aromatic heterocycles. The molecule has 2 aliphatic rings. The van der Waals surface area contributed by atoms with E-state index in [0.29, 0.717) is 55.4 Å². The van der Waals surface area contributed by atoms with Crippen LogP contribution in [0.4, 0.5) is 0 Å². The SMILES string of the molecule is CSCC[C@H](NC(=O)[C@@H](CC(C)C)NC(=O)CNC(=O)[C@H](Cc1ccccc1)NC(=O)[C@@H](Cc1ccccc1)NC(=O)[C@@H](CCC(N)=O)NC(=O)[C@@H](CCC(N)=O)NC(=O)[C@H]1CCCN1C(=O)[C@H](CCCCN)NC(=O)[C@@H]1CCCN1C(=O)[C@@H](N)CCCN=C(N)N)C(N)=O. The van der Waals surface area contributed by atoms with Crippen molar-refractivity contribution >= 4 is 94.5 Å². The first kappa shape index (κ1) is 78.5. The summed E-state index contributed by atoms with van der Waals surface area (Å²) in [4.78, 5) is 185. The second kappa shape index (κ2) is 41.0. The molecular weight excluding hydrogens is 1250 g/mol. The lowest BCUT2D eigenvalue weighted by Gasteiger charge is -2.32. The third kappa shape index (κ3) is 27.5. The number of carbonyl (C=O) groups excluding carboxylic acids is 13. The van der Waals surface area contributed by atoms with Crippen LogP contribution in [0.3, 0.4) is 0 Å². The number of likely N-dealkylation sites (tertiary alicyclic amines) is 2. The minimum atomic E-state index is -1.64. The summed E-state index contributed by atoms with van der Waals surface area (Å²) >= 11 is 1.45. The Bertz CT molecular complexity index is 2960. The smallest absolute Gasteiger partial charge is 0.245 e. The molecule has 31 nitrogen and oxygen atoms in total. The second-order valence-corrected chi connectivity index (χ2v) is 25.1. The van der Waals surface area contributed by atoms with Gasteiger partial charge < -0.3 is 92.5 Å². The third-order valence-corrected chi connectivity index (χ3v) is 16.7. The fourth-order valence-electron chi connectivity index (χ4n) is 11.0. The first-order valence-corrected chi connectivity index (χ1v) is 33.6. The van der Waals surface area contributed by atoms with E-state index < -0.39 is 169 Å². The Morgan fingerprint density at radius 3 is 1.51 bits per heavy atom. The lowest BCUT2D eigenvalue weighted by atomic mass is 10.0. The zero-order valence-electron chi connectivity index (χ0n) is 54.5. The molecule has 2 heterocycles. The van der Waals surface area contributed by atoms with E-state index in [2.05, 4.69) is 47.5 Å². The van der Waals surface area contributed by atoms with Crippen LogP contribution in [0.1, 0.15) is 121 Å². The van der Waals surface area contributed by atoms with E-state index in [1.165, 1.54) is 21.6 Å². The number of rotatable bonds is 42. The average Bonchev–Trinajstić information content (AvgIpc) is 1.74. The van der Waals surface area contributed by atoms with Gasteiger partial charge in [0.2, 0.25) is 76.8 Å². The minimum Gasteiger partial charge on any atom is -0.370 e. The summed E-state index contributed by atoms with van der Waals surface area (Å²) in [5.41, 5.74) is 40.6. The zero-order valence-corrected chi connectivity index (χ0v) is 55.3. The van der Waals surface area contributed by atoms with E-state index in [1.807, 2.05) is 20.1 Å². The molecule has 95 heavy (non-hydrogen) atoms. The molecule has 0 radical (unpaired) electrons. The van der Waals surface area contributed by atoms with E-state index in [-0.39, 0.29) is 83.0 Å². The summed E-state index contributed by atoms with van der Waals surface area (Å²) < 4.78 is 0. The Kier molecular flexibility index (Phi) is 33.9. The Balaban J connectivity index is 1.56. The van der Waals surface area contributed by atoms with Crippen molar-refractivity contribution in [3.05, 3.63) is 71.8 Å². The molecule has 2 aliphatic heterocycles. The average molecular weight is 1350 g/mol. The molecule has 524 valence electrons. The van der Waals surface area contributed by atoms with E-state index in [1.54, 1.807) is 60.7 Å². The molecule has 0 aliphatic carbocycles. The summed E-state index contributed by atoms with van der Waals surface area (Å²) in [6.07, 6.45) is 3.12. The number of hydrogen-bond acceptors (Lipinski definition) is 17. The summed E-state index contributed by atoms with van der Waals surface area (Å²) in [6, 6.07) is 4.51. The quantitative estimate of drug-likeness (QED) is 0.0173. The monoisotopic (exact) mass is 1350 g/mol. The van der Waals surface area contributed by atoms with Gasteiger partial charge in [0.05, 0.1) is 12.6 Å². The van der Waals surface area contributed by atoms with Crippen molar-refractivity contribution in [1.29, 1.82) is 0 Å². The highest BCUT2D eigenvalue weighted by atomic mass is 32.2. The number of nitrogens with zero attached hydrogens (tertiary/aromatic N) is 3. The molecule has 10 atom stereocenters. The first-order chi connectivity index (χ1) is 45.2. The standard InChI is InChI=1S/C63H98N18O13S/c1-37(2)33-45(57(89)74-41(53(68)85)27-32-95-3)73-52(84)36-72-54(86)46(34-38-15-6-4-7-16-38)78-58(90)47(35-39-17-8-5-9-18-39)79-56(88)42(23-25-50(66)82)75-55(87)43(24-26-51(67)83)76-59(91)49-22-14-31-81(49)62(94)44(20-10-11-28-64)77-60(92)48-21-13-30-80(48)61(93)40(65)19-12-29-71-63(69)70/h4-9,15-18,37,40-49H,10-14,19-36,64-65H2,1-3H3,(H2,66,82)(H2,67,83)(H2,68,85)(H,72,86)(H,73,84)(H,74,89)(H,75,87)(H,76,91)(H,77,92)(H,78,90)(H,79,88)(H4,69,70,71)/t40-,41-,42+,43+,44-,45+,46-,47+,48-,49+/m0/s1. The molecule has 0 bridgehead atoms. The third-order valence-electron chi connectivity index (χ3n) is 16.0. The van der Waals surface area contributed by atoms with Gasteiger partial charge in [-0.3, -0.25) is 67.3 Å². The molecule has 2 aromatic carbocycles. The number of amides is 13. The maximum absolute atomic E-state index is 14.7. The van der Waals surface area contributed by atoms with Gasteiger partial charge in [0, 0.05) is 45.3 Å². The number of thioether (sulfide) groups is 1. The van der Waals surface area contributed by atoms with Gasteiger partial charge in [-0.25, -0.2) is 0 Å². The maximum Gasteiger partial charge on any atom is 0.245 e. The van der Waals surface area contributed by atoms with Gasteiger partial charge in [-0.2, -0.15) is 11.8 Å². The van der Waals surface area contributed by atoms with Gasteiger partial charge in [0.25, 0.3) is 0 Å². The first-order valence-electron chi connectivity index (χ1n) is 32.2. The van der Waals surface area contributed by atoms with Crippen molar-refractivity contribution in [2.45, 2.75) is 183 Å². The van der Waals surface area contributed by atoms with Crippen LogP contribution in [-0.2, 0) is 75.2 Å². The normalized spacial score (nSPS) is 16.8. The van der Waals surface area contributed by atoms with Crippen molar-refractivity contribution in [3.63, 3.8) is 0 Å². The topological polar surface area (TPSA) is 519 Å². The lowest BCUT2D eigenvalue weighted by Crippen LogP contribution is -2.60. The highest BCUT2D eigenvalue weighted by molar-refractivity contribution is 7.98. The molecule has 2 aromatic rings. The Morgan fingerprint density at radius 1 is 0.537 bits per heavy atom. The Hall–Kier alpha value is -8.91. The fourth-order valence-corrected chi connectivity index (χ4v) is 11.5. The predicted molar refractivity (Wildman–Crippen MR) is 356 cm³/mol. The number of primary amides is 3. The molecule has 32 heteroatoms. The minimum absolute atomic E-state index is 0.0736. The highest BCUT2D eigenvalue weighted by Crippen LogP contribution is 2.24. The highest BCUT2D eigenvalue weighted by Gasteiger charge is 2.42. The summed E-state index contributed by atoms with van der Waals surface area (Å²) in [6.45, 7) is 3.86. The van der Waals surface area contributed by atoms with Gasteiger partial charge in [-0.15, -0.1) is 0 Å². The molecular formula is C63H98N18O13S. The number of unbranched alkanes of at least 4 members (excludes halogenated alkanes) is 1. The number of carbonyl (C=O) groups is 13. The number of nitrogens with one attached hydrogen (secondary N) is 8. The summed E-state index contributed by atoms with van der Waals surface area (Å²) in [5.74, 6) is -9.80. The fraction of sp³-hybridized carbons (Fsp3) is 0.587. The molecule has 2 fully saturated rings. The number of aliphatic imine (C=N–C) groups is 1. The molecule has 2 saturated heterocycles. The number of hydrogen-bond donors (Lipinski definition) is 15.